The molecule has 0 bridgehead atoms. The molecule has 30 heavy (non-hydrogen) atoms. The van der Waals surface area contributed by atoms with Crippen LogP contribution in [0.1, 0.15) is 93.6 Å². The van der Waals surface area contributed by atoms with Crippen molar-refractivity contribution in [2.45, 2.75) is 72.6 Å². The molecule has 1 aliphatic carbocycles. The van der Waals surface area contributed by atoms with Gasteiger partial charge in [-0.1, -0.05) is 78.8 Å². The standard InChI is InChI=1S/C28H36O2/c1-17(2)13-22-15-24-25(28(7,8)19(4)27(24,5)6)16-23(22)18(3)14-20-9-11-21(12-10-20)26(29)30/h9-12,14-17,19H,13H2,1-8H3,(H,29,30)/b18-14+. The second-order valence-corrected chi connectivity index (χ2v) is 10.6. The summed E-state index contributed by atoms with van der Waals surface area (Å²) in [7, 11) is 0. The molecule has 0 saturated heterocycles. The smallest absolute Gasteiger partial charge is 0.335 e. The highest BCUT2D eigenvalue weighted by Crippen LogP contribution is 2.54. The first kappa shape index (κ1) is 22.3. The number of carboxylic acids is 1. The van der Waals surface area contributed by atoms with E-state index < -0.39 is 5.97 Å². The van der Waals surface area contributed by atoms with Crippen LogP contribution in [-0.2, 0) is 17.3 Å². The van der Waals surface area contributed by atoms with E-state index in [-0.39, 0.29) is 10.8 Å². The molecule has 2 aromatic rings. The Morgan fingerprint density at radius 1 is 1.03 bits per heavy atom. The number of rotatable bonds is 5. The van der Waals surface area contributed by atoms with E-state index in [0.717, 1.165) is 12.0 Å². The molecule has 2 heteroatoms. The fraction of sp³-hybridized carbons (Fsp3) is 0.464. The van der Waals surface area contributed by atoms with Crippen LogP contribution in [0.4, 0.5) is 0 Å². The Kier molecular flexibility index (Phi) is 5.75. The maximum atomic E-state index is 11.1. The van der Waals surface area contributed by atoms with Crippen molar-refractivity contribution in [2.75, 3.05) is 0 Å². The molecule has 1 N–H and O–H groups in total. The molecule has 0 saturated carbocycles. The zero-order valence-electron chi connectivity index (χ0n) is 19.8. The van der Waals surface area contributed by atoms with E-state index >= 15 is 0 Å². The zero-order chi connectivity index (χ0) is 22.4. The lowest BCUT2D eigenvalue weighted by Gasteiger charge is -2.32. The van der Waals surface area contributed by atoms with Crippen molar-refractivity contribution < 1.29 is 9.90 Å². The quantitative estimate of drug-likeness (QED) is 0.529. The van der Waals surface area contributed by atoms with Gasteiger partial charge in [0, 0.05) is 0 Å². The van der Waals surface area contributed by atoms with E-state index in [0.29, 0.717) is 17.4 Å². The first-order valence-corrected chi connectivity index (χ1v) is 11.1. The lowest BCUT2D eigenvalue weighted by Crippen LogP contribution is -2.30. The van der Waals surface area contributed by atoms with E-state index in [1.807, 2.05) is 12.1 Å². The Bertz CT molecular complexity index is 988. The van der Waals surface area contributed by atoms with Gasteiger partial charge >= 0.3 is 5.97 Å². The number of allylic oxidation sites excluding steroid dienone is 1. The van der Waals surface area contributed by atoms with Gasteiger partial charge in [-0.25, -0.2) is 4.79 Å². The topological polar surface area (TPSA) is 37.3 Å². The normalized spacial score (nSPS) is 19.8. The number of hydrogen-bond acceptors (Lipinski definition) is 1. The molecule has 0 radical (unpaired) electrons. The van der Waals surface area contributed by atoms with Gasteiger partial charge in [-0.2, -0.15) is 0 Å². The van der Waals surface area contributed by atoms with Gasteiger partial charge in [0.25, 0.3) is 0 Å². The van der Waals surface area contributed by atoms with Crippen LogP contribution >= 0.6 is 0 Å². The van der Waals surface area contributed by atoms with Crippen molar-refractivity contribution in [3.05, 3.63) is 69.8 Å². The van der Waals surface area contributed by atoms with Crippen LogP contribution in [0.25, 0.3) is 11.6 Å². The maximum Gasteiger partial charge on any atom is 0.335 e. The van der Waals surface area contributed by atoms with Crippen LogP contribution in [0.5, 0.6) is 0 Å². The summed E-state index contributed by atoms with van der Waals surface area (Å²) < 4.78 is 0. The van der Waals surface area contributed by atoms with Crippen LogP contribution in [0, 0.1) is 11.8 Å². The predicted octanol–water partition coefficient (Wildman–Crippen LogP) is 7.35. The Hall–Kier alpha value is -2.35. The minimum atomic E-state index is -0.890. The summed E-state index contributed by atoms with van der Waals surface area (Å²) in [5.74, 6) is 0.258. The van der Waals surface area contributed by atoms with Gasteiger partial charge in [0.1, 0.15) is 0 Å². The van der Waals surface area contributed by atoms with Gasteiger partial charge in [0.05, 0.1) is 5.56 Å². The first-order chi connectivity index (χ1) is 13.9. The number of hydrogen-bond donors (Lipinski definition) is 1. The predicted molar refractivity (Wildman–Crippen MR) is 127 cm³/mol. The van der Waals surface area contributed by atoms with E-state index in [9.17, 15) is 4.79 Å². The second kappa shape index (κ2) is 7.72. The molecule has 0 aliphatic heterocycles. The van der Waals surface area contributed by atoms with E-state index in [1.54, 1.807) is 12.1 Å². The lowest BCUT2D eigenvalue weighted by molar-refractivity contribution is 0.0697. The molecule has 1 unspecified atom stereocenters. The summed E-state index contributed by atoms with van der Waals surface area (Å²) >= 11 is 0. The highest BCUT2D eigenvalue weighted by atomic mass is 16.4. The molecular weight excluding hydrogens is 368 g/mol. The molecule has 2 nitrogen and oxygen atoms in total. The molecule has 2 aromatic carbocycles. The molecule has 0 fully saturated rings. The van der Waals surface area contributed by atoms with E-state index in [1.165, 1.54) is 27.8 Å². The van der Waals surface area contributed by atoms with E-state index in [2.05, 4.69) is 73.6 Å². The van der Waals surface area contributed by atoms with Crippen molar-refractivity contribution >= 4 is 17.6 Å². The van der Waals surface area contributed by atoms with Gasteiger partial charge in [-0.15, -0.1) is 0 Å². The summed E-state index contributed by atoms with van der Waals surface area (Å²) in [5.41, 5.74) is 8.57. The summed E-state index contributed by atoms with van der Waals surface area (Å²) in [4.78, 5) is 11.1. The number of aromatic carboxylic acids is 1. The number of benzene rings is 2. The third-order valence-electron chi connectivity index (χ3n) is 7.39. The van der Waals surface area contributed by atoms with Gasteiger partial charge in [-0.05, 0) is 81.5 Å². The van der Waals surface area contributed by atoms with Gasteiger partial charge in [-0.3, -0.25) is 0 Å². The largest absolute Gasteiger partial charge is 0.478 e. The Morgan fingerprint density at radius 2 is 1.57 bits per heavy atom. The van der Waals surface area contributed by atoms with Crippen LogP contribution < -0.4 is 0 Å². The molecule has 1 aliphatic rings. The van der Waals surface area contributed by atoms with Crippen molar-refractivity contribution in [1.82, 2.24) is 0 Å². The Balaban J connectivity index is 2.14. The van der Waals surface area contributed by atoms with Gasteiger partial charge in [0.15, 0.2) is 0 Å². The van der Waals surface area contributed by atoms with Crippen molar-refractivity contribution in [3.8, 4) is 0 Å². The Labute approximate surface area is 182 Å². The van der Waals surface area contributed by atoms with Crippen LogP contribution in [0.3, 0.4) is 0 Å². The molecule has 3 rings (SSSR count). The zero-order valence-corrected chi connectivity index (χ0v) is 19.8. The van der Waals surface area contributed by atoms with Gasteiger partial charge in [0.2, 0.25) is 0 Å². The summed E-state index contributed by atoms with van der Waals surface area (Å²) in [6.07, 6.45) is 3.23. The number of carboxylic acid groups (broad SMARTS) is 1. The Morgan fingerprint density at radius 3 is 2.07 bits per heavy atom. The van der Waals surface area contributed by atoms with Crippen molar-refractivity contribution in [2.24, 2.45) is 11.8 Å². The number of carbonyl (C=O) groups is 1. The third-order valence-corrected chi connectivity index (χ3v) is 7.39. The van der Waals surface area contributed by atoms with Gasteiger partial charge < -0.3 is 5.11 Å². The fourth-order valence-electron chi connectivity index (χ4n) is 5.10. The average Bonchev–Trinajstić information content (AvgIpc) is 2.78. The lowest BCUT2D eigenvalue weighted by atomic mass is 9.71. The second-order valence-electron chi connectivity index (χ2n) is 10.6. The van der Waals surface area contributed by atoms with Crippen LogP contribution in [0.15, 0.2) is 36.4 Å². The monoisotopic (exact) mass is 404 g/mol. The fourth-order valence-corrected chi connectivity index (χ4v) is 5.10. The SMILES string of the molecule is C/C(=C\c1ccc(C(=O)O)cc1)c1cc2c(cc1CC(C)C)C(C)(C)C(C)C2(C)C. The molecule has 0 amide bonds. The maximum absolute atomic E-state index is 11.1. The van der Waals surface area contributed by atoms with E-state index in [4.69, 9.17) is 5.11 Å². The average molecular weight is 405 g/mol. The highest BCUT2D eigenvalue weighted by molar-refractivity contribution is 5.88. The molecule has 0 heterocycles. The summed E-state index contributed by atoms with van der Waals surface area (Å²) in [6.45, 7) is 18.6. The highest BCUT2D eigenvalue weighted by Gasteiger charge is 2.48. The minimum absolute atomic E-state index is 0.132. The van der Waals surface area contributed by atoms with Crippen molar-refractivity contribution in [1.29, 1.82) is 0 Å². The molecule has 0 spiro atoms. The van der Waals surface area contributed by atoms with Crippen LogP contribution in [0.2, 0.25) is 0 Å². The molecule has 0 aromatic heterocycles. The third kappa shape index (κ3) is 3.85. The summed E-state index contributed by atoms with van der Waals surface area (Å²) in [5, 5.41) is 9.14. The number of fused-ring (bicyclic) bond motifs is 1. The van der Waals surface area contributed by atoms with Crippen LogP contribution in [-0.4, -0.2) is 11.1 Å². The minimum Gasteiger partial charge on any atom is -0.478 e. The first-order valence-electron chi connectivity index (χ1n) is 11.1. The molecule has 1 atom stereocenters. The van der Waals surface area contributed by atoms with Crippen molar-refractivity contribution in [3.63, 3.8) is 0 Å². The molecular formula is C28H36O2. The molecule has 160 valence electrons. The summed E-state index contributed by atoms with van der Waals surface area (Å²) in [6, 6.07) is 12.0.